The second kappa shape index (κ2) is 14.2. The van der Waals surface area contributed by atoms with E-state index in [1.165, 1.54) is 24.5 Å². The Kier molecular flexibility index (Phi) is 9.86. The molecular weight excluding hydrogens is 650 g/mol. The molecule has 254 valence electrons. The molecule has 3 aromatic heterocycles. The van der Waals surface area contributed by atoms with Crippen molar-refractivity contribution in [1.82, 2.24) is 30.3 Å². The number of aromatic amines is 1. The summed E-state index contributed by atoms with van der Waals surface area (Å²) in [7, 11) is 5.50. The van der Waals surface area contributed by atoms with Gasteiger partial charge in [0.1, 0.15) is 35.4 Å². The first-order chi connectivity index (χ1) is 23.6. The molecule has 0 radical (unpaired) electrons. The fourth-order valence-electron chi connectivity index (χ4n) is 5.76. The van der Waals surface area contributed by atoms with Gasteiger partial charge in [-0.15, -0.1) is 11.3 Å². The Morgan fingerprint density at radius 1 is 1.14 bits per heavy atom. The first kappa shape index (κ1) is 33.9. The van der Waals surface area contributed by atoms with Gasteiger partial charge in [0.25, 0.3) is 5.91 Å². The number of likely N-dealkylation sites (tertiary alicyclic amines) is 1. The summed E-state index contributed by atoms with van der Waals surface area (Å²) in [6, 6.07) is 12.7. The number of ether oxygens (including phenoxy) is 2. The highest BCUT2D eigenvalue weighted by Gasteiger charge is 2.33. The van der Waals surface area contributed by atoms with Gasteiger partial charge in [-0.25, -0.2) is 13.8 Å². The Morgan fingerprint density at radius 2 is 1.94 bits per heavy atom. The van der Waals surface area contributed by atoms with Crippen molar-refractivity contribution in [3.63, 3.8) is 0 Å². The molecule has 49 heavy (non-hydrogen) atoms. The summed E-state index contributed by atoms with van der Waals surface area (Å²) >= 11 is 1.37. The van der Waals surface area contributed by atoms with Crippen LogP contribution >= 0.6 is 11.3 Å². The highest BCUT2D eigenvalue weighted by molar-refractivity contribution is 7.18. The molecule has 1 fully saturated rings. The number of fused-ring (bicyclic) bond motifs is 1. The van der Waals surface area contributed by atoms with E-state index in [2.05, 4.69) is 27.0 Å². The van der Waals surface area contributed by atoms with Crippen LogP contribution in [0.2, 0.25) is 0 Å². The number of thiophene rings is 1. The number of benzene rings is 2. The Balaban J connectivity index is 1.53. The number of amides is 2. The second-order valence-electron chi connectivity index (χ2n) is 12.0. The van der Waals surface area contributed by atoms with E-state index in [1.54, 1.807) is 19.1 Å². The Hall–Kier alpha value is -4.98. The third-order valence-corrected chi connectivity index (χ3v) is 9.47. The summed E-state index contributed by atoms with van der Waals surface area (Å²) in [4.78, 5) is 34.5. The van der Waals surface area contributed by atoms with Gasteiger partial charge in [-0.2, -0.15) is 5.10 Å². The quantitative estimate of drug-likeness (QED) is 0.121. The zero-order valence-corrected chi connectivity index (χ0v) is 28.4. The molecule has 10 nitrogen and oxygen atoms in total. The van der Waals surface area contributed by atoms with Gasteiger partial charge in [0.15, 0.2) is 0 Å². The SMILES string of the molecule is C=CC(=O)N[C@H](C)c1cc(-c2nc(-c3cccc(C(=O)N4CC(N(C)C)C4)c3)c3ccsc3c2-c2c(F)cc(F)cc2OCCOC)n[nH]1. The van der Waals surface area contributed by atoms with Crippen LogP contribution in [0, 0.1) is 11.6 Å². The molecule has 1 aliphatic rings. The maximum atomic E-state index is 16.0. The molecule has 13 heteroatoms. The number of hydrogen-bond donors (Lipinski definition) is 2. The number of nitrogens with one attached hydrogen (secondary N) is 2. The van der Waals surface area contributed by atoms with E-state index in [0.29, 0.717) is 68.7 Å². The number of hydrogen-bond acceptors (Lipinski definition) is 8. The van der Waals surface area contributed by atoms with Gasteiger partial charge in [0, 0.05) is 65.2 Å². The van der Waals surface area contributed by atoms with Crippen LogP contribution in [0.5, 0.6) is 5.75 Å². The lowest BCUT2D eigenvalue weighted by molar-refractivity contribution is -0.117. The van der Waals surface area contributed by atoms with E-state index in [9.17, 15) is 14.0 Å². The fourth-order valence-corrected chi connectivity index (χ4v) is 6.71. The third kappa shape index (κ3) is 6.82. The van der Waals surface area contributed by atoms with E-state index in [4.69, 9.17) is 14.5 Å². The number of nitrogens with zero attached hydrogens (tertiary/aromatic N) is 4. The first-order valence-electron chi connectivity index (χ1n) is 15.7. The molecule has 1 saturated heterocycles. The number of rotatable bonds is 12. The van der Waals surface area contributed by atoms with Crippen molar-refractivity contribution in [3.8, 4) is 39.5 Å². The number of likely N-dealkylation sites (N-methyl/N-ethyl adjacent to an activating group) is 1. The topological polar surface area (TPSA) is 113 Å². The molecule has 5 aromatic rings. The monoisotopic (exact) mass is 686 g/mol. The van der Waals surface area contributed by atoms with Crippen LogP contribution in [0.4, 0.5) is 8.78 Å². The number of methoxy groups -OCH3 is 1. The van der Waals surface area contributed by atoms with E-state index >= 15 is 4.39 Å². The number of carbonyl (C=O) groups excluding carboxylic acids is 2. The maximum Gasteiger partial charge on any atom is 0.253 e. The van der Waals surface area contributed by atoms with Gasteiger partial charge in [-0.3, -0.25) is 14.7 Å². The number of pyridine rings is 1. The lowest BCUT2D eigenvalue weighted by atomic mass is 9.95. The Labute approximate surface area is 286 Å². The largest absolute Gasteiger partial charge is 0.490 e. The smallest absolute Gasteiger partial charge is 0.253 e. The zero-order chi connectivity index (χ0) is 34.8. The summed E-state index contributed by atoms with van der Waals surface area (Å²) in [5.41, 5.74) is 3.38. The molecule has 0 bridgehead atoms. The van der Waals surface area contributed by atoms with Gasteiger partial charge in [-0.1, -0.05) is 18.7 Å². The standard InChI is InChI=1S/C36H36F2N6O4S/c1-6-30(45)39-20(2)27-17-28(42-41-27)34-32(31-26(38)15-23(37)16-29(31)48-12-11-47-5)35-25(10-13-49-35)33(40-34)21-8-7-9-22(14-21)36(46)44-18-24(19-44)43(3)4/h6-10,13-17,20,24H,1,11-12,18-19H2,2-5H3,(H,39,45)(H,41,42)/t20-/m1/s1. The van der Waals surface area contributed by atoms with Crippen LogP contribution in [0.1, 0.15) is 29.0 Å². The predicted molar refractivity (Wildman–Crippen MR) is 185 cm³/mol. The van der Waals surface area contributed by atoms with E-state index < -0.39 is 17.7 Å². The predicted octanol–water partition coefficient (Wildman–Crippen LogP) is 6.07. The molecule has 2 aromatic carbocycles. The van der Waals surface area contributed by atoms with Crippen molar-refractivity contribution in [2.45, 2.75) is 19.0 Å². The fraction of sp³-hybridized carbons (Fsp3) is 0.278. The van der Waals surface area contributed by atoms with Crippen LogP contribution in [0.25, 0.3) is 43.9 Å². The summed E-state index contributed by atoms with van der Waals surface area (Å²) in [6.45, 7) is 6.84. The van der Waals surface area contributed by atoms with Crippen LogP contribution in [-0.2, 0) is 9.53 Å². The maximum absolute atomic E-state index is 16.0. The van der Waals surface area contributed by atoms with Gasteiger partial charge in [0.2, 0.25) is 5.91 Å². The third-order valence-electron chi connectivity index (χ3n) is 8.54. The van der Waals surface area contributed by atoms with Gasteiger partial charge in [0.05, 0.1) is 29.6 Å². The molecular formula is C36H36F2N6O4S. The zero-order valence-electron chi connectivity index (χ0n) is 27.5. The number of halogens is 2. The average Bonchev–Trinajstić information content (AvgIpc) is 3.74. The molecule has 0 aliphatic carbocycles. The highest BCUT2D eigenvalue weighted by Crippen LogP contribution is 2.47. The molecule has 0 spiro atoms. The number of aromatic nitrogens is 3. The number of carbonyl (C=O) groups is 2. The summed E-state index contributed by atoms with van der Waals surface area (Å²) in [6.07, 6.45) is 1.17. The van der Waals surface area contributed by atoms with Crippen molar-refractivity contribution in [1.29, 1.82) is 0 Å². The van der Waals surface area contributed by atoms with Crippen LogP contribution in [0.3, 0.4) is 0 Å². The lowest BCUT2D eigenvalue weighted by Gasteiger charge is -2.42. The molecule has 4 heterocycles. The average molecular weight is 687 g/mol. The van der Waals surface area contributed by atoms with E-state index in [1.807, 2.05) is 48.6 Å². The molecule has 2 amide bonds. The Bertz CT molecular complexity index is 2040. The van der Waals surface area contributed by atoms with Crippen molar-refractivity contribution >= 4 is 33.2 Å². The summed E-state index contributed by atoms with van der Waals surface area (Å²) in [5.74, 6) is -2.08. The van der Waals surface area contributed by atoms with Crippen LogP contribution < -0.4 is 10.1 Å². The van der Waals surface area contributed by atoms with Crippen molar-refractivity contribution < 1.29 is 27.8 Å². The molecule has 1 atom stereocenters. The minimum atomic E-state index is -0.835. The molecule has 0 saturated carbocycles. The van der Waals surface area contributed by atoms with Crippen molar-refractivity contribution in [2.24, 2.45) is 0 Å². The van der Waals surface area contributed by atoms with Crippen LogP contribution in [-0.4, -0.2) is 90.3 Å². The van der Waals surface area contributed by atoms with Crippen LogP contribution in [0.15, 0.2) is 66.6 Å². The van der Waals surface area contributed by atoms with E-state index in [-0.39, 0.29) is 36.3 Å². The highest BCUT2D eigenvalue weighted by atomic mass is 32.1. The second-order valence-corrected chi connectivity index (χ2v) is 12.9. The first-order valence-corrected chi connectivity index (χ1v) is 16.5. The lowest BCUT2D eigenvalue weighted by Crippen LogP contribution is -2.59. The minimum Gasteiger partial charge on any atom is -0.490 e. The van der Waals surface area contributed by atoms with E-state index in [0.717, 1.165) is 12.1 Å². The van der Waals surface area contributed by atoms with Gasteiger partial charge >= 0.3 is 0 Å². The summed E-state index contributed by atoms with van der Waals surface area (Å²) < 4.78 is 42.3. The molecule has 0 unspecified atom stereocenters. The summed E-state index contributed by atoms with van der Waals surface area (Å²) in [5, 5.41) is 12.9. The number of H-pyrrole nitrogens is 1. The van der Waals surface area contributed by atoms with Gasteiger partial charge < -0.3 is 24.6 Å². The normalized spacial score (nSPS) is 13.8. The van der Waals surface area contributed by atoms with Crippen molar-refractivity contribution in [3.05, 3.63) is 89.5 Å². The molecule has 2 N–H and O–H groups in total. The molecule has 1 aliphatic heterocycles. The molecule has 6 rings (SSSR count). The van der Waals surface area contributed by atoms with Gasteiger partial charge in [-0.05, 0) is 56.7 Å². The minimum absolute atomic E-state index is 0.0133. The van der Waals surface area contributed by atoms with Crippen molar-refractivity contribution in [2.75, 3.05) is 47.5 Å². The Morgan fingerprint density at radius 3 is 2.67 bits per heavy atom.